The first-order valence-corrected chi connectivity index (χ1v) is 6.16. The lowest BCUT2D eigenvalue weighted by atomic mass is 10.00. The smallest absolute Gasteiger partial charge is 0.170 e. The Morgan fingerprint density at radius 1 is 1.11 bits per heavy atom. The lowest BCUT2D eigenvalue weighted by Gasteiger charge is -2.08. The Morgan fingerprint density at radius 3 is 2.37 bits per heavy atom. The molecule has 0 amide bonds. The molecule has 0 fully saturated rings. The Labute approximate surface area is 116 Å². The first-order valence-electron chi connectivity index (χ1n) is 5.78. The van der Waals surface area contributed by atoms with Crippen LogP contribution in [0.1, 0.15) is 21.5 Å². The van der Waals surface area contributed by atoms with Crippen molar-refractivity contribution in [3.8, 4) is 11.5 Å². The number of Topliss-reactive ketones (excluding diaryl/α,β-unsaturated/α-hetero) is 1. The lowest BCUT2D eigenvalue weighted by molar-refractivity contribution is 0.0990. The molecule has 19 heavy (non-hydrogen) atoms. The van der Waals surface area contributed by atoms with Crippen LogP contribution in [-0.4, -0.2) is 16.0 Å². The Kier molecular flexibility index (Phi) is 3.76. The SMILES string of the molecule is Cc1c(O)ccc(C(=O)Cc2ccc(Cl)cc2)c1O. The van der Waals surface area contributed by atoms with Crippen LogP contribution in [0.15, 0.2) is 36.4 Å². The summed E-state index contributed by atoms with van der Waals surface area (Å²) in [5.41, 5.74) is 1.34. The van der Waals surface area contributed by atoms with Gasteiger partial charge in [0.15, 0.2) is 5.78 Å². The number of benzene rings is 2. The fourth-order valence-electron chi connectivity index (χ4n) is 1.80. The molecule has 2 N–H and O–H groups in total. The van der Waals surface area contributed by atoms with Gasteiger partial charge in [0.25, 0.3) is 0 Å². The van der Waals surface area contributed by atoms with Gasteiger partial charge in [-0.2, -0.15) is 0 Å². The second kappa shape index (κ2) is 5.33. The largest absolute Gasteiger partial charge is 0.508 e. The van der Waals surface area contributed by atoms with Gasteiger partial charge in [-0.25, -0.2) is 0 Å². The van der Waals surface area contributed by atoms with Crippen LogP contribution >= 0.6 is 11.6 Å². The molecule has 2 rings (SSSR count). The fraction of sp³-hybridized carbons (Fsp3) is 0.133. The highest BCUT2D eigenvalue weighted by Gasteiger charge is 2.15. The Morgan fingerprint density at radius 2 is 1.74 bits per heavy atom. The summed E-state index contributed by atoms with van der Waals surface area (Å²) in [6, 6.07) is 9.80. The van der Waals surface area contributed by atoms with Crippen molar-refractivity contribution in [3.63, 3.8) is 0 Å². The highest BCUT2D eigenvalue weighted by molar-refractivity contribution is 6.30. The lowest BCUT2D eigenvalue weighted by Crippen LogP contribution is -2.04. The van der Waals surface area contributed by atoms with Crippen molar-refractivity contribution < 1.29 is 15.0 Å². The van der Waals surface area contributed by atoms with Gasteiger partial charge >= 0.3 is 0 Å². The van der Waals surface area contributed by atoms with Gasteiger partial charge in [-0.05, 0) is 36.8 Å². The highest BCUT2D eigenvalue weighted by atomic mass is 35.5. The van der Waals surface area contributed by atoms with Gasteiger partial charge in [0.1, 0.15) is 11.5 Å². The molecule has 0 bridgehead atoms. The van der Waals surface area contributed by atoms with Crippen molar-refractivity contribution in [2.45, 2.75) is 13.3 Å². The van der Waals surface area contributed by atoms with Crippen molar-refractivity contribution >= 4 is 17.4 Å². The molecule has 0 saturated heterocycles. The molecule has 2 aromatic carbocycles. The Bertz CT molecular complexity index is 618. The summed E-state index contributed by atoms with van der Waals surface area (Å²) >= 11 is 5.78. The second-order valence-corrected chi connectivity index (χ2v) is 4.77. The standard InChI is InChI=1S/C15H13ClO3/c1-9-13(17)7-6-12(15(9)19)14(18)8-10-2-4-11(16)5-3-10/h2-7,17,19H,8H2,1H3. The van der Waals surface area contributed by atoms with Gasteiger partial charge in [0.2, 0.25) is 0 Å². The predicted octanol–water partition coefficient (Wildman–Crippen LogP) is 3.49. The maximum atomic E-state index is 12.1. The summed E-state index contributed by atoms with van der Waals surface area (Å²) in [7, 11) is 0. The van der Waals surface area contributed by atoms with Crippen LogP contribution in [0.3, 0.4) is 0 Å². The van der Waals surface area contributed by atoms with Crippen LogP contribution in [0, 0.1) is 6.92 Å². The van der Waals surface area contributed by atoms with E-state index in [1.54, 1.807) is 31.2 Å². The topological polar surface area (TPSA) is 57.5 Å². The molecule has 0 aliphatic rings. The quantitative estimate of drug-likeness (QED) is 0.844. The summed E-state index contributed by atoms with van der Waals surface area (Å²) in [5.74, 6) is -0.401. The van der Waals surface area contributed by atoms with Crippen molar-refractivity contribution in [2.75, 3.05) is 0 Å². The predicted molar refractivity (Wildman–Crippen MR) is 74.0 cm³/mol. The monoisotopic (exact) mass is 276 g/mol. The molecule has 0 aromatic heterocycles. The molecular weight excluding hydrogens is 264 g/mol. The Hall–Kier alpha value is -2.00. The van der Waals surface area contributed by atoms with Crippen LogP contribution in [-0.2, 0) is 6.42 Å². The van der Waals surface area contributed by atoms with Gasteiger partial charge in [-0.15, -0.1) is 0 Å². The molecule has 0 atom stereocenters. The van der Waals surface area contributed by atoms with E-state index >= 15 is 0 Å². The number of carbonyl (C=O) groups is 1. The minimum atomic E-state index is -0.206. The number of phenolic OH excluding ortho intramolecular Hbond substituents is 2. The third-order valence-corrected chi connectivity index (χ3v) is 3.23. The van der Waals surface area contributed by atoms with Gasteiger partial charge in [-0.3, -0.25) is 4.79 Å². The van der Waals surface area contributed by atoms with Gasteiger partial charge in [0, 0.05) is 17.0 Å². The maximum Gasteiger partial charge on any atom is 0.170 e. The number of carbonyl (C=O) groups excluding carboxylic acids is 1. The van der Waals surface area contributed by atoms with Gasteiger partial charge < -0.3 is 10.2 Å². The molecule has 0 unspecified atom stereocenters. The Balaban J connectivity index is 2.25. The molecule has 0 spiro atoms. The molecule has 98 valence electrons. The zero-order valence-electron chi connectivity index (χ0n) is 10.4. The summed E-state index contributed by atoms with van der Waals surface area (Å²) in [4.78, 5) is 12.1. The number of ketones is 1. The van der Waals surface area contributed by atoms with Crippen molar-refractivity contribution in [1.29, 1.82) is 0 Å². The van der Waals surface area contributed by atoms with E-state index in [1.807, 2.05) is 0 Å². The number of hydrogen-bond acceptors (Lipinski definition) is 3. The van der Waals surface area contributed by atoms with E-state index in [1.165, 1.54) is 12.1 Å². The third kappa shape index (κ3) is 2.88. The zero-order chi connectivity index (χ0) is 14.0. The molecule has 0 aliphatic heterocycles. The van der Waals surface area contributed by atoms with E-state index in [2.05, 4.69) is 0 Å². The zero-order valence-corrected chi connectivity index (χ0v) is 11.1. The van der Waals surface area contributed by atoms with E-state index in [-0.39, 0.29) is 29.3 Å². The molecule has 2 aromatic rings. The number of rotatable bonds is 3. The average Bonchev–Trinajstić information content (AvgIpc) is 2.39. The van der Waals surface area contributed by atoms with E-state index in [0.29, 0.717) is 10.6 Å². The van der Waals surface area contributed by atoms with Crippen LogP contribution < -0.4 is 0 Å². The molecule has 4 heteroatoms. The van der Waals surface area contributed by atoms with Crippen LogP contribution in [0.2, 0.25) is 5.02 Å². The van der Waals surface area contributed by atoms with Gasteiger partial charge in [-0.1, -0.05) is 23.7 Å². The number of phenols is 2. The number of halogens is 1. The fourth-order valence-corrected chi connectivity index (χ4v) is 1.92. The number of aromatic hydroxyl groups is 2. The first kappa shape index (κ1) is 13.4. The minimum Gasteiger partial charge on any atom is -0.508 e. The van der Waals surface area contributed by atoms with E-state index < -0.39 is 0 Å². The van der Waals surface area contributed by atoms with Gasteiger partial charge in [0.05, 0.1) is 5.56 Å². The average molecular weight is 277 g/mol. The molecule has 0 aliphatic carbocycles. The first-order chi connectivity index (χ1) is 8.99. The van der Waals surface area contributed by atoms with Crippen molar-refractivity contribution in [3.05, 3.63) is 58.1 Å². The summed E-state index contributed by atoms with van der Waals surface area (Å²) in [5, 5.41) is 19.9. The highest BCUT2D eigenvalue weighted by Crippen LogP contribution is 2.30. The normalized spacial score (nSPS) is 10.4. The summed E-state index contributed by atoms with van der Waals surface area (Å²) in [6.45, 7) is 1.56. The number of hydrogen-bond donors (Lipinski definition) is 2. The van der Waals surface area contributed by atoms with E-state index in [0.717, 1.165) is 5.56 Å². The molecule has 3 nitrogen and oxygen atoms in total. The van der Waals surface area contributed by atoms with Crippen molar-refractivity contribution in [2.24, 2.45) is 0 Å². The van der Waals surface area contributed by atoms with E-state index in [9.17, 15) is 15.0 Å². The molecular formula is C15H13ClO3. The van der Waals surface area contributed by atoms with Crippen LogP contribution in [0.5, 0.6) is 11.5 Å². The van der Waals surface area contributed by atoms with Crippen LogP contribution in [0.25, 0.3) is 0 Å². The maximum absolute atomic E-state index is 12.1. The second-order valence-electron chi connectivity index (χ2n) is 4.33. The van der Waals surface area contributed by atoms with E-state index in [4.69, 9.17) is 11.6 Å². The molecule has 0 heterocycles. The molecule has 0 radical (unpaired) electrons. The summed E-state index contributed by atoms with van der Waals surface area (Å²) in [6.07, 6.45) is 0.176. The molecule has 0 saturated carbocycles. The van der Waals surface area contributed by atoms with Crippen LogP contribution in [0.4, 0.5) is 0 Å². The minimum absolute atomic E-state index is 0.0273. The summed E-state index contributed by atoms with van der Waals surface area (Å²) < 4.78 is 0. The third-order valence-electron chi connectivity index (χ3n) is 2.98. The van der Waals surface area contributed by atoms with Crippen molar-refractivity contribution in [1.82, 2.24) is 0 Å².